The standard InChI is InChI=1S/C7H10F3N3O/c8-7(9,10)6-3-5(12-13-6)4(11)1-2-14/h3-4,14H,1-2,11H2,(H,12,13). The molecule has 1 rings (SSSR count). The number of nitrogens with one attached hydrogen (secondary N) is 1. The van der Waals surface area contributed by atoms with Crippen molar-refractivity contribution < 1.29 is 18.3 Å². The molecule has 1 atom stereocenters. The number of H-pyrrole nitrogens is 1. The number of rotatable bonds is 3. The summed E-state index contributed by atoms with van der Waals surface area (Å²) in [6, 6.07) is 0.198. The monoisotopic (exact) mass is 209 g/mol. The molecule has 1 aromatic heterocycles. The first-order valence-corrected chi connectivity index (χ1v) is 3.94. The van der Waals surface area contributed by atoms with Crippen LogP contribution in [0.5, 0.6) is 0 Å². The van der Waals surface area contributed by atoms with E-state index in [9.17, 15) is 13.2 Å². The Balaban J connectivity index is 2.78. The van der Waals surface area contributed by atoms with Crippen LogP contribution in [0.4, 0.5) is 13.2 Å². The van der Waals surface area contributed by atoms with E-state index < -0.39 is 17.9 Å². The van der Waals surface area contributed by atoms with E-state index in [0.717, 1.165) is 6.07 Å². The summed E-state index contributed by atoms with van der Waals surface area (Å²) in [6.45, 7) is -0.179. The highest BCUT2D eigenvalue weighted by molar-refractivity contribution is 5.14. The van der Waals surface area contributed by atoms with Crippen molar-refractivity contribution in [3.05, 3.63) is 17.5 Å². The summed E-state index contributed by atoms with van der Waals surface area (Å²) in [5.74, 6) is 0. The number of aliphatic hydroxyl groups is 1. The average Bonchev–Trinajstić information content (AvgIpc) is 2.51. The van der Waals surface area contributed by atoms with Crippen LogP contribution < -0.4 is 5.73 Å². The van der Waals surface area contributed by atoms with Crippen molar-refractivity contribution in [2.75, 3.05) is 6.61 Å². The molecule has 7 heteroatoms. The van der Waals surface area contributed by atoms with Gasteiger partial charge >= 0.3 is 6.18 Å². The molecule has 0 aliphatic rings. The lowest BCUT2D eigenvalue weighted by Crippen LogP contribution is -2.12. The summed E-state index contributed by atoms with van der Waals surface area (Å²) in [4.78, 5) is 0. The van der Waals surface area contributed by atoms with Gasteiger partial charge in [-0.15, -0.1) is 0 Å². The van der Waals surface area contributed by atoms with Gasteiger partial charge in [-0.1, -0.05) is 0 Å². The molecule has 0 saturated carbocycles. The molecule has 4 nitrogen and oxygen atoms in total. The average molecular weight is 209 g/mol. The zero-order valence-corrected chi connectivity index (χ0v) is 7.17. The molecule has 0 aliphatic carbocycles. The van der Waals surface area contributed by atoms with Crippen LogP contribution in [0.1, 0.15) is 23.9 Å². The summed E-state index contributed by atoms with van der Waals surface area (Å²) in [5, 5.41) is 13.8. The molecule has 1 aromatic rings. The molecule has 0 fully saturated rings. The molecule has 0 aliphatic heterocycles. The van der Waals surface area contributed by atoms with Gasteiger partial charge in [0.25, 0.3) is 0 Å². The highest BCUT2D eigenvalue weighted by atomic mass is 19.4. The van der Waals surface area contributed by atoms with E-state index in [1.807, 2.05) is 0 Å². The first kappa shape index (κ1) is 11.0. The molecule has 0 amide bonds. The van der Waals surface area contributed by atoms with Gasteiger partial charge in [0, 0.05) is 12.6 Å². The number of alkyl halides is 3. The second-order valence-electron chi connectivity index (χ2n) is 2.83. The molecule has 0 radical (unpaired) electrons. The molecule has 0 saturated heterocycles. The molecule has 1 heterocycles. The lowest BCUT2D eigenvalue weighted by atomic mass is 10.1. The Morgan fingerprint density at radius 2 is 2.21 bits per heavy atom. The summed E-state index contributed by atoms with van der Waals surface area (Å²) in [6.07, 6.45) is -4.27. The van der Waals surface area contributed by atoms with Gasteiger partial charge in [0.2, 0.25) is 0 Å². The second kappa shape index (κ2) is 3.97. The van der Waals surface area contributed by atoms with Crippen LogP contribution in [0.3, 0.4) is 0 Å². The maximum absolute atomic E-state index is 12.1. The maximum atomic E-state index is 12.1. The number of nitrogens with zero attached hydrogens (tertiary/aromatic N) is 1. The molecule has 4 N–H and O–H groups in total. The van der Waals surface area contributed by atoms with Gasteiger partial charge in [0.05, 0.1) is 5.69 Å². The van der Waals surface area contributed by atoms with E-state index in [-0.39, 0.29) is 18.7 Å². The highest BCUT2D eigenvalue weighted by Crippen LogP contribution is 2.28. The van der Waals surface area contributed by atoms with E-state index in [4.69, 9.17) is 10.8 Å². The van der Waals surface area contributed by atoms with Crippen molar-refractivity contribution in [2.24, 2.45) is 5.73 Å². The smallest absolute Gasteiger partial charge is 0.396 e. The van der Waals surface area contributed by atoms with Crippen LogP contribution in [0.25, 0.3) is 0 Å². The fourth-order valence-electron chi connectivity index (χ4n) is 0.966. The van der Waals surface area contributed by atoms with E-state index in [1.54, 1.807) is 0 Å². The Labute approximate surface area is 77.9 Å². The van der Waals surface area contributed by atoms with Crippen LogP contribution in [-0.4, -0.2) is 21.9 Å². The number of aromatic amines is 1. The van der Waals surface area contributed by atoms with Crippen molar-refractivity contribution >= 4 is 0 Å². The molecule has 80 valence electrons. The van der Waals surface area contributed by atoms with Crippen molar-refractivity contribution in [1.29, 1.82) is 0 Å². The molecule has 1 unspecified atom stereocenters. The lowest BCUT2D eigenvalue weighted by Gasteiger charge is -2.05. The fraction of sp³-hybridized carbons (Fsp3) is 0.571. The molecular formula is C7H10F3N3O. The predicted molar refractivity (Wildman–Crippen MR) is 42.2 cm³/mol. The molecule has 0 aromatic carbocycles. The van der Waals surface area contributed by atoms with Gasteiger partial charge in [0.1, 0.15) is 0 Å². The summed E-state index contributed by atoms with van der Waals surface area (Å²) in [7, 11) is 0. The number of aliphatic hydroxyl groups excluding tert-OH is 1. The number of halogens is 3. The Kier molecular flexibility index (Phi) is 3.12. The zero-order valence-electron chi connectivity index (χ0n) is 7.17. The number of hydrogen-bond acceptors (Lipinski definition) is 3. The van der Waals surface area contributed by atoms with Crippen molar-refractivity contribution in [3.8, 4) is 0 Å². The third-order valence-corrected chi connectivity index (χ3v) is 1.73. The van der Waals surface area contributed by atoms with Gasteiger partial charge in [0.15, 0.2) is 5.69 Å². The summed E-state index contributed by atoms with van der Waals surface area (Å²) < 4.78 is 36.2. The second-order valence-corrected chi connectivity index (χ2v) is 2.83. The number of nitrogens with two attached hydrogens (primary N) is 1. The first-order chi connectivity index (χ1) is 6.45. The maximum Gasteiger partial charge on any atom is 0.435 e. The minimum Gasteiger partial charge on any atom is -0.396 e. The summed E-state index contributed by atoms with van der Waals surface area (Å²) >= 11 is 0. The van der Waals surface area contributed by atoms with E-state index in [0.29, 0.717) is 0 Å². The number of hydrogen-bond donors (Lipinski definition) is 3. The largest absolute Gasteiger partial charge is 0.435 e. The summed E-state index contributed by atoms with van der Waals surface area (Å²) in [5.41, 5.74) is 4.64. The predicted octanol–water partition coefficient (Wildman–Crippen LogP) is 0.811. The minimum absolute atomic E-state index is 0.173. The number of aromatic nitrogens is 2. The van der Waals surface area contributed by atoms with Crippen LogP contribution >= 0.6 is 0 Å². The van der Waals surface area contributed by atoms with Crippen LogP contribution in [0.2, 0.25) is 0 Å². The zero-order chi connectivity index (χ0) is 10.8. The normalized spacial score (nSPS) is 14.4. The third kappa shape index (κ3) is 2.46. The van der Waals surface area contributed by atoms with E-state index >= 15 is 0 Å². The molecule has 0 spiro atoms. The Hall–Kier alpha value is -1.08. The van der Waals surface area contributed by atoms with Gasteiger partial charge in [-0.05, 0) is 12.5 Å². The minimum atomic E-state index is -4.46. The van der Waals surface area contributed by atoms with Gasteiger partial charge in [-0.2, -0.15) is 18.3 Å². The molecular weight excluding hydrogens is 199 g/mol. The Morgan fingerprint density at radius 3 is 2.64 bits per heavy atom. The van der Waals surface area contributed by atoms with Gasteiger partial charge in [-0.3, -0.25) is 5.10 Å². The topological polar surface area (TPSA) is 74.9 Å². The Morgan fingerprint density at radius 1 is 1.57 bits per heavy atom. The van der Waals surface area contributed by atoms with Crippen LogP contribution in [0.15, 0.2) is 6.07 Å². The third-order valence-electron chi connectivity index (χ3n) is 1.73. The first-order valence-electron chi connectivity index (χ1n) is 3.94. The molecule has 0 bridgehead atoms. The van der Waals surface area contributed by atoms with Gasteiger partial charge in [-0.25, -0.2) is 0 Å². The van der Waals surface area contributed by atoms with Crippen molar-refractivity contribution in [3.63, 3.8) is 0 Å². The molecule has 14 heavy (non-hydrogen) atoms. The fourth-order valence-corrected chi connectivity index (χ4v) is 0.966. The Bertz CT molecular complexity index is 297. The van der Waals surface area contributed by atoms with Crippen LogP contribution in [-0.2, 0) is 6.18 Å². The van der Waals surface area contributed by atoms with E-state index in [1.165, 1.54) is 0 Å². The lowest BCUT2D eigenvalue weighted by molar-refractivity contribution is -0.141. The highest BCUT2D eigenvalue weighted by Gasteiger charge is 2.34. The van der Waals surface area contributed by atoms with Crippen LogP contribution in [0, 0.1) is 0 Å². The van der Waals surface area contributed by atoms with E-state index in [2.05, 4.69) is 10.2 Å². The van der Waals surface area contributed by atoms with Crippen molar-refractivity contribution in [1.82, 2.24) is 10.2 Å². The SMILES string of the molecule is NC(CCO)c1cc(C(F)(F)F)n[nH]1. The van der Waals surface area contributed by atoms with Gasteiger partial charge < -0.3 is 10.8 Å². The quantitative estimate of drug-likeness (QED) is 0.689. The van der Waals surface area contributed by atoms with Crippen molar-refractivity contribution in [2.45, 2.75) is 18.6 Å².